The van der Waals surface area contributed by atoms with E-state index in [0.29, 0.717) is 5.41 Å². The highest BCUT2D eigenvalue weighted by molar-refractivity contribution is 5.68. The molecule has 0 heterocycles. The maximum atomic E-state index is 10.4. The summed E-state index contributed by atoms with van der Waals surface area (Å²) in [5.41, 5.74) is 0.369. The van der Waals surface area contributed by atoms with Crippen LogP contribution in [0.3, 0.4) is 0 Å². The van der Waals surface area contributed by atoms with Gasteiger partial charge in [0.25, 0.3) is 0 Å². The minimum atomic E-state index is -0.845. The molecule has 1 atom stereocenters. The fraction of sp³-hybridized carbons (Fsp3) is 0.909. The Morgan fingerprint density at radius 1 is 1.29 bits per heavy atom. The normalized spacial score (nSPS) is 29.9. The molecule has 3 nitrogen and oxygen atoms in total. The highest BCUT2D eigenvalue weighted by Gasteiger charge is 2.47. The molecule has 3 heteroatoms. The number of hydrogen-bond acceptors (Lipinski definition) is 2. The molecule has 0 amide bonds. The van der Waals surface area contributed by atoms with Crippen LogP contribution < -0.4 is 0 Å². The van der Waals surface area contributed by atoms with Crippen molar-refractivity contribution < 1.29 is 14.6 Å². The first-order valence-corrected chi connectivity index (χ1v) is 5.56. The molecule has 0 aromatic heterocycles. The lowest BCUT2D eigenvalue weighted by Gasteiger charge is -2.51. The Bertz CT molecular complexity index is 219. The molecule has 0 aromatic rings. The zero-order valence-corrected chi connectivity index (χ0v) is 8.50. The van der Waals surface area contributed by atoms with Gasteiger partial charge in [-0.3, -0.25) is 0 Å². The minimum absolute atomic E-state index is 0.119. The van der Waals surface area contributed by atoms with Crippen LogP contribution in [-0.2, 0) is 9.53 Å². The van der Waals surface area contributed by atoms with E-state index < -0.39 is 5.97 Å². The largest absolute Gasteiger partial charge is 0.480 e. The molecule has 1 N–H and O–H groups in total. The Balaban J connectivity index is 1.84. The summed E-state index contributed by atoms with van der Waals surface area (Å²) in [6, 6.07) is 0. The molecule has 0 radical (unpaired) electrons. The van der Waals surface area contributed by atoms with Crippen LogP contribution in [0.2, 0.25) is 0 Å². The Kier molecular flexibility index (Phi) is 2.77. The van der Waals surface area contributed by atoms with Gasteiger partial charge >= 0.3 is 5.97 Å². The summed E-state index contributed by atoms with van der Waals surface area (Å²) in [4.78, 5) is 10.4. The van der Waals surface area contributed by atoms with E-state index >= 15 is 0 Å². The van der Waals surface area contributed by atoms with Crippen LogP contribution >= 0.6 is 0 Å². The van der Waals surface area contributed by atoms with Crippen molar-refractivity contribution in [1.82, 2.24) is 0 Å². The number of hydrogen-bond donors (Lipinski definition) is 1. The third-order valence-corrected chi connectivity index (χ3v) is 3.84. The fourth-order valence-corrected chi connectivity index (χ4v) is 2.93. The van der Waals surface area contributed by atoms with Crippen molar-refractivity contribution in [3.63, 3.8) is 0 Å². The monoisotopic (exact) mass is 198 g/mol. The van der Waals surface area contributed by atoms with Crippen LogP contribution in [0.5, 0.6) is 0 Å². The van der Waals surface area contributed by atoms with Gasteiger partial charge < -0.3 is 9.84 Å². The average molecular weight is 198 g/mol. The lowest BCUT2D eigenvalue weighted by atomic mass is 9.58. The average Bonchev–Trinajstić information content (AvgIpc) is 2.17. The standard InChI is InChI=1S/C11H18O3/c12-10(13)8-14-9-4-7-11(9)5-2-1-3-6-11/h9H,1-8H2,(H,12,13). The smallest absolute Gasteiger partial charge is 0.329 e. The molecule has 1 unspecified atom stereocenters. The molecule has 0 saturated heterocycles. The fourth-order valence-electron chi connectivity index (χ4n) is 2.93. The first-order valence-electron chi connectivity index (χ1n) is 5.56. The summed E-state index contributed by atoms with van der Waals surface area (Å²) in [6.45, 7) is -0.119. The van der Waals surface area contributed by atoms with Crippen molar-refractivity contribution in [2.75, 3.05) is 6.61 Å². The predicted molar refractivity (Wildman–Crippen MR) is 52.1 cm³/mol. The second-order valence-electron chi connectivity index (χ2n) is 4.66. The van der Waals surface area contributed by atoms with E-state index in [0.717, 1.165) is 6.42 Å². The number of rotatable bonds is 3. The molecule has 14 heavy (non-hydrogen) atoms. The Labute approximate surface area is 84.4 Å². The van der Waals surface area contributed by atoms with Crippen LogP contribution in [0.25, 0.3) is 0 Å². The highest BCUT2D eigenvalue weighted by atomic mass is 16.5. The van der Waals surface area contributed by atoms with Crippen LogP contribution in [-0.4, -0.2) is 23.8 Å². The highest BCUT2D eigenvalue weighted by Crippen LogP contribution is 2.53. The molecular formula is C11H18O3. The van der Waals surface area contributed by atoms with Crippen molar-refractivity contribution >= 4 is 5.97 Å². The van der Waals surface area contributed by atoms with Gasteiger partial charge in [0.1, 0.15) is 6.61 Å². The maximum Gasteiger partial charge on any atom is 0.329 e. The van der Waals surface area contributed by atoms with Crippen LogP contribution in [0, 0.1) is 5.41 Å². The zero-order valence-electron chi connectivity index (χ0n) is 8.50. The third-order valence-electron chi connectivity index (χ3n) is 3.84. The van der Waals surface area contributed by atoms with E-state index in [4.69, 9.17) is 9.84 Å². The van der Waals surface area contributed by atoms with Crippen molar-refractivity contribution in [2.45, 2.75) is 51.0 Å². The number of ether oxygens (including phenoxy) is 1. The molecule has 2 saturated carbocycles. The quantitative estimate of drug-likeness (QED) is 0.756. The molecule has 0 aromatic carbocycles. The van der Waals surface area contributed by atoms with Crippen molar-refractivity contribution in [2.24, 2.45) is 5.41 Å². The van der Waals surface area contributed by atoms with Gasteiger partial charge in [-0.05, 0) is 31.1 Å². The van der Waals surface area contributed by atoms with Gasteiger partial charge in [0.2, 0.25) is 0 Å². The predicted octanol–water partition coefficient (Wildman–Crippen LogP) is 2.20. The molecule has 1 spiro atoms. The Hall–Kier alpha value is -0.570. The second kappa shape index (κ2) is 3.89. The van der Waals surface area contributed by atoms with Gasteiger partial charge in [-0.15, -0.1) is 0 Å². The first-order chi connectivity index (χ1) is 6.73. The molecule has 2 aliphatic carbocycles. The second-order valence-corrected chi connectivity index (χ2v) is 4.66. The third kappa shape index (κ3) is 1.78. The van der Waals surface area contributed by atoms with E-state index in [9.17, 15) is 4.79 Å². The van der Waals surface area contributed by atoms with Crippen LogP contribution in [0.15, 0.2) is 0 Å². The molecule has 2 aliphatic rings. The van der Waals surface area contributed by atoms with Gasteiger partial charge in [-0.25, -0.2) is 4.79 Å². The van der Waals surface area contributed by atoms with Crippen molar-refractivity contribution in [3.05, 3.63) is 0 Å². The number of carboxylic acids is 1. The van der Waals surface area contributed by atoms with Crippen molar-refractivity contribution in [3.8, 4) is 0 Å². The first kappa shape index (κ1) is 9.97. The van der Waals surface area contributed by atoms with Gasteiger partial charge in [0, 0.05) is 0 Å². The summed E-state index contributed by atoms with van der Waals surface area (Å²) < 4.78 is 5.43. The lowest BCUT2D eigenvalue weighted by Crippen LogP contribution is -2.48. The Morgan fingerprint density at radius 3 is 2.50 bits per heavy atom. The molecule has 0 bridgehead atoms. The minimum Gasteiger partial charge on any atom is -0.480 e. The van der Waals surface area contributed by atoms with Gasteiger partial charge in [0.15, 0.2) is 0 Å². The lowest BCUT2D eigenvalue weighted by molar-refractivity contribution is -0.161. The zero-order chi connectivity index (χ0) is 10.0. The van der Waals surface area contributed by atoms with E-state index in [2.05, 4.69) is 0 Å². The summed E-state index contributed by atoms with van der Waals surface area (Å²) in [5.74, 6) is -0.845. The van der Waals surface area contributed by atoms with Crippen LogP contribution in [0.1, 0.15) is 44.9 Å². The topological polar surface area (TPSA) is 46.5 Å². The molecule has 0 aliphatic heterocycles. The summed E-state index contributed by atoms with van der Waals surface area (Å²) in [5, 5.41) is 8.54. The number of carbonyl (C=O) groups is 1. The van der Waals surface area contributed by atoms with Gasteiger partial charge in [0.05, 0.1) is 6.10 Å². The molecule has 2 fully saturated rings. The van der Waals surface area contributed by atoms with Crippen molar-refractivity contribution in [1.29, 1.82) is 0 Å². The van der Waals surface area contributed by atoms with E-state index in [1.54, 1.807) is 0 Å². The summed E-state index contributed by atoms with van der Waals surface area (Å²) in [7, 11) is 0. The van der Waals surface area contributed by atoms with E-state index in [1.165, 1.54) is 38.5 Å². The van der Waals surface area contributed by atoms with E-state index in [1.807, 2.05) is 0 Å². The number of aliphatic carboxylic acids is 1. The summed E-state index contributed by atoms with van der Waals surface area (Å²) in [6.07, 6.45) is 8.98. The molecule has 80 valence electrons. The van der Waals surface area contributed by atoms with E-state index in [-0.39, 0.29) is 12.7 Å². The van der Waals surface area contributed by atoms with Crippen LogP contribution in [0.4, 0.5) is 0 Å². The molecule has 2 rings (SSSR count). The maximum absolute atomic E-state index is 10.4. The molecular weight excluding hydrogens is 180 g/mol. The Morgan fingerprint density at radius 2 is 2.00 bits per heavy atom. The van der Waals surface area contributed by atoms with Gasteiger partial charge in [-0.1, -0.05) is 19.3 Å². The SMILES string of the molecule is O=C(O)COC1CCC12CCCCC2. The summed E-state index contributed by atoms with van der Waals surface area (Å²) >= 11 is 0. The number of carboxylic acid groups (broad SMARTS) is 1. The van der Waals surface area contributed by atoms with Gasteiger partial charge in [-0.2, -0.15) is 0 Å².